The molecule has 2 fully saturated rings. The van der Waals surface area contributed by atoms with Crippen LogP contribution in [0, 0.1) is 12.8 Å². The number of thiophene rings is 1. The number of piperidine rings is 1. The lowest BCUT2D eigenvalue weighted by Crippen LogP contribution is -2.46. The zero-order chi connectivity index (χ0) is 20.6. The van der Waals surface area contributed by atoms with Gasteiger partial charge in [0.2, 0.25) is 5.91 Å². The summed E-state index contributed by atoms with van der Waals surface area (Å²) < 4.78 is 28.9. The minimum atomic E-state index is -3.53. The predicted molar refractivity (Wildman–Crippen MR) is 118 cm³/mol. The fourth-order valence-electron chi connectivity index (χ4n) is 4.34. The molecule has 0 bridgehead atoms. The van der Waals surface area contributed by atoms with E-state index < -0.39 is 10.0 Å². The van der Waals surface area contributed by atoms with E-state index >= 15 is 0 Å². The Kier molecular flexibility index (Phi) is 6.16. The van der Waals surface area contributed by atoms with Crippen molar-refractivity contribution in [1.29, 1.82) is 0 Å². The molecule has 5 nitrogen and oxygen atoms in total. The number of amides is 1. The number of hydrogen-bond acceptors (Lipinski definition) is 4. The number of rotatable bonds is 4. The normalized spacial score (nSPS) is 23.4. The second-order valence-electron chi connectivity index (χ2n) is 7.81. The highest BCUT2D eigenvalue weighted by Crippen LogP contribution is 2.36. The summed E-state index contributed by atoms with van der Waals surface area (Å²) in [6.45, 7) is 3.41. The molecule has 2 unspecified atom stereocenters. The molecule has 8 heteroatoms. The number of halogens is 1. The average Bonchev–Trinajstić information content (AvgIpc) is 3.38. The molecule has 2 aromatic rings. The van der Waals surface area contributed by atoms with Gasteiger partial charge in [0.05, 0.1) is 12.0 Å². The van der Waals surface area contributed by atoms with Crippen LogP contribution in [0.5, 0.6) is 0 Å². The number of carbonyl (C=O) groups is 1. The standard InChI is InChI=1S/C21H25BrN2O3S2/c1-15-6-11-20(28-15)29(26,27)23-12-2-4-17(14-23)21(25)24-13-3-5-19(24)16-7-9-18(22)10-8-16/h6-11,17,19H,2-5,12-14H2,1H3. The molecule has 1 aromatic carbocycles. The summed E-state index contributed by atoms with van der Waals surface area (Å²) in [7, 11) is -3.53. The summed E-state index contributed by atoms with van der Waals surface area (Å²) in [5.74, 6) is -0.173. The molecule has 2 aliphatic rings. The summed E-state index contributed by atoms with van der Waals surface area (Å²) >= 11 is 4.76. The van der Waals surface area contributed by atoms with Crippen LogP contribution in [0.15, 0.2) is 45.1 Å². The molecule has 4 rings (SSSR count). The van der Waals surface area contributed by atoms with Crippen molar-refractivity contribution in [2.75, 3.05) is 19.6 Å². The highest BCUT2D eigenvalue weighted by atomic mass is 79.9. The van der Waals surface area contributed by atoms with Gasteiger partial charge in [0, 0.05) is 29.0 Å². The smallest absolute Gasteiger partial charge is 0.252 e. The molecule has 0 radical (unpaired) electrons. The van der Waals surface area contributed by atoms with Crippen molar-refractivity contribution < 1.29 is 13.2 Å². The molecule has 156 valence electrons. The molecule has 29 heavy (non-hydrogen) atoms. The van der Waals surface area contributed by atoms with E-state index in [0.29, 0.717) is 10.8 Å². The van der Waals surface area contributed by atoms with Gasteiger partial charge in [-0.2, -0.15) is 4.31 Å². The van der Waals surface area contributed by atoms with Gasteiger partial charge < -0.3 is 4.90 Å². The third kappa shape index (κ3) is 4.31. The van der Waals surface area contributed by atoms with Gasteiger partial charge in [-0.05, 0) is 62.4 Å². The van der Waals surface area contributed by atoms with Crippen LogP contribution in [-0.2, 0) is 14.8 Å². The van der Waals surface area contributed by atoms with Crippen molar-refractivity contribution in [2.45, 2.75) is 42.9 Å². The van der Waals surface area contributed by atoms with Crippen LogP contribution in [0.3, 0.4) is 0 Å². The lowest BCUT2D eigenvalue weighted by atomic mass is 9.96. The molecule has 0 saturated carbocycles. The Hall–Kier alpha value is -1.22. The van der Waals surface area contributed by atoms with Crippen LogP contribution in [0.4, 0.5) is 0 Å². The Labute approximate surface area is 184 Å². The highest BCUT2D eigenvalue weighted by Gasteiger charge is 2.38. The van der Waals surface area contributed by atoms with Crippen LogP contribution < -0.4 is 0 Å². The summed E-state index contributed by atoms with van der Waals surface area (Å²) in [4.78, 5) is 16.3. The van der Waals surface area contributed by atoms with Crippen LogP contribution >= 0.6 is 27.3 Å². The van der Waals surface area contributed by atoms with E-state index in [1.54, 1.807) is 6.07 Å². The van der Waals surface area contributed by atoms with Gasteiger partial charge in [-0.1, -0.05) is 28.1 Å². The lowest BCUT2D eigenvalue weighted by Gasteiger charge is -2.35. The quantitative estimate of drug-likeness (QED) is 0.621. The third-order valence-electron chi connectivity index (χ3n) is 5.83. The number of benzene rings is 1. The zero-order valence-electron chi connectivity index (χ0n) is 16.4. The van der Waals surface area contributed by atoms with Crippen molar-refractivity contribution in [1.82, 2.24) is 9.21 Å². The lowest BCUT2D eigenvalue weighted by molar-refractivity contribution is -0.137. The van der Waals surface area contributed by atoms with Crippen LogP contribution in [0.25, 0.3) is 0 Å². The van der Waals surface area contributed by atoms with E-state index in [0.717, 1.165) is 47.1 Å². The summed E-state index contributed by atoms with van der Waals surface area (Å²) in [6, 6.07) is 11.7. The number of likely N-dealkylation sites (tertiary alicyclic amines) is 1. The molecule has 2 atom stereocenters. The van der Waals surface area contributed by atoms with Crippen LogP contribution in [0.1, 0.15) is 42.2 Å². The maximum absolute atomic E-state index is 13.4. The molecule has 2 aliphatic heterocycles. The Morgan fingerprint density at radius 1 is 1.07 bits per heavy atom. The van der Waals surface area contributed by atoms with E-state index in [2.05, 4.69) is 28.1 Å². The van der Waals surface area contributed by atoms with Crippen molar-refractivity contribution >= 4 is 43.2 Å². The molecule has 0 aliphatic carbocycles. The fourth-order valence-corrected chi connectivity index (χ4v) is 7.56. The van der Waals surface area contributed by atoms with Gasteiger partial charge in [-0.3, -0.25) is 4.79 Å². The van der Waals surface area contributed by atoms with Gasteiger partial charge >= 0.3 is 0 Å². The van der Waals surface area contributed by atoms with Gasteiger partial charge in [-0.25, -0.2) is 8.42 Å². The van der Waals surface area contributed by atoms with Gasteiger partial charge in [0.15, 0.2) is 0 Å². The van der Waals surface area contributed by atoms with Gasteiger partial charge in [0.1, 0.15) is 4.21 Å². The average molecular weight is 497 g/mol. The van der Waals surface area contributed by atoms with Crippen molar-refractivity contribution in [3.63, 3.8) is 0 Å². The third-order valence-corrected chi connectivity index (χ3v) is 9.70. The second-order valence-corrected chi connectivity index (χ2v) is 12.2. The molecule has 0 N–H and O–H groups in total. The van der Waals surface area contributed by atoms with E-state index in [9.17, 15) is 13.2 Å². The molecule has 2 saturated heterocycles. The fraction of sp³-hybridized carbons (Fsp3) is 0.476. The SMILES string of the molecule is Cc1ccc(S(=O)(=O)N2CCCC(C(=O)N3CCCC3c3ccc(Br)cc3)C2)s1. The maximum atomic E-state index is 13.4. The summed E-state index contributed by atoms with van der Waals surface area (Å²) in [6.07, 6.45) is 3.40. The first kappa shape index (κ1) is 21.0. The molecule has 0 spiro atoms. The number of carbonyl (C=O) groups excluding carboxylic acids is 1. The van der Waals surface area contributed by atoms with Crippen molar-refractivity contribution in [3.8, 4) is 0 Å². The first-order valence-corrected chi connectivity index (χ1v) is 13.0. The second kappa shape index (κ2) is 8.49. The Morgan fingerprint density at radius 2 is 1.79 bits per heavy atom. The maximum Gasteiger partial charge on any atom is 0.252 e. The molecular formula is C21H25BrN2O3S2. The minimum absolute atomic E-state index is 0.0857. The zero-order valence-corrected chi connectivity index (χ0v) is 19.6. The Morgan fingerprint density at radius 3 is 2.48 bits per heavy atom. The monoisotopic (exact) mass is 496 g/mol. The van der Waals surface area contributed by atoms with Crippen molar-refractivity contribution in [2.24, 2.45) is 5.92 Å². The van der Waals surface area contributed by atoms with Crippen molar-refractivity contribution in [3.05, 3.63) is 51.3 Å². The van der Waals surface area contributed by atoms with E-state index in [1.807, 2.05) is 30.0 Å². The highest BCUT2D eigenvalue weighted by molar-refractivity contribution is 9.10. The number of nitrogens with zero attached hydrogens (tertiary/aromatic N) is 2. The topological polar surface area (TPSA) is 57.7 Å². The predicted octanol–water partition coefficient (Wildman–Crippen LogP) is 4.58. The van der Waals surface area contributed by atoms with E-state index in [1.165, 1.54) is 15.6 Å². The number of aryl methyl sites for hydroxylation is 1. The first-order chi connectivity index (χ1) is 13.9. The first-order valence-electron chi connectivity index (χ1n) is 9.99. The molecule has 3 heterocycles. The molecule has 1 aromatic heterocycles. The number of hydrogen-bond donors (Lipinski definition) is 0. The Balaban J connectivity index is 1.50. The minimum Gasteiger partial charge on any atom is -0.335 e. The number of sulfonamides is 1. The summed E-state index contributed by atoms with van der Waals surface area (Å²) in [5.41, 5.74) is 1.15. The van der Waals surface area contributed by atoms with Crippen LogP contribution in [-0.4, -0.2) is 43.2 Å². The molecular weight excluding hydrogens is 472 g/mol. The van der Waals surface area contributed by atoms with Gasteiger partial charge in [0.25, 0.3) is 10.0 Å². The summed E-state index contributed by atoms with van der Waals surface area (Å²) in [5, 5.41) is 0. The van der Waals surface area contributed by atoms with E-state index in [4.69, 9.17) is 0 Å². The van der Waals surface area contributed by atoms with E-state index in [-0.39, 0.29) is 24.4 Å². The van der Waals surface area contributed by atoms with Crippen LogP contribution in [0.2, 0.25) is 0 Å². The van der Waals surface area contributed by atoms with Gasteiger partial charge in [-0.15, -0.1) is 11.3 Å². The molecule has 1 amide bonds. The largest absolute Gasteiger partial charge is 0.335 e. The Bertz CT molecular complexity index is 988.